The van der Waals surface area contributed by atoms with Gasteiger partial charge in [0.25, 0.3) is 0 Å². The molecule has 0 spiro atoms. The first-order chi connectivity index (χ1) is 15.6. The Morgan fingerprint density at radius 2 is 1.44 bits per heavy atom. The molecule has 0 radical (unpaired) electrons. The molecule has 1 atom stereocenters. The van der Waals surface area contributed by atoms with Crippen LogP contribution in [0.4, 0.5) is 0 Å². The molecular formula is C28H38O4. The summed E-state index contributed by atoms with van der Waals surface area (Å²) in [5.41, 5.74) is 0.489. The highest BCUT2D eigenvalue weighted by Crippen LogP contribution is 2.21. The maximum atomic E-state index is 12.4. The summed E-state index contributed by atoms with van der Waals surface area (Å²) in [4.78, 5) is 12.4. The summed E-state index contributed by atoms with van der Waals surface area (Å²) in [6.07, 6.45) is 14.5. The molecule has 0 saturated carbocycles. The quantitative estimate of drug-likeness (QED) is 0.122. The lowest BCUT2D eigenvalue weighted by Gasteiger charge is -2.14. The molecule has 0 aliphatic heterocycles. The topological polar surface area (TPSA) is 44.8 Å². The van der Waals surface area contributed by atoms with Crippen LogP contribution in [0.5, 0.6) is 17.2 Å². The van der Waals surface area contributed by atoms with Crippen LogP contribution in [0.15, 0.2) is 60.9 Å². The zero-order chi connectivity index (χ0) is 23.0. The maximum Gasteiger partial charge on any atom is 0.343 e. The fourth-order valence-electron chi connectivity index (χ4n) is 3.28. The van der Waals surface area contributed by atoms with Crippen LogP contribution in [0.1, 0.15) is 88.9 Å². The van der Waals surface area contributed by atoms with Crippen molar-refractivity contribution in [3.05, 3.63) is 66.4 Å². The highest BCUT2D eigenvalue weighted by Gasteiger charge is 2.10. The molecule has 0 fully saturated rings. The highest BCUT2D eigenvalue weighted by molar-refractivity contribution is 5.91. The lowest BCUT2D eigenvalue weighted by molar-refractivity contribution is 0.0734. The minimum absolute atomic E-state index is 0.163. The van der Waals surface area contributed by atoms with E-state index in [-0.39, 0.29) is 6.10 Å². The second kappa shape index (κ2) is 15.1. The summed E-state index contributed by atoms with van der Waals surface area (Å²) in [5.74, 6) is 1.57. The number of rotatable bonds is 15. The number of unbranched alkanes of at least 4 members (excludes halogenated alkanes) is 6. The zero-order valence-electron chi connectivity index (χ0n) is 19.8. The molecule has 4 heteroatoms. The van der Waals surface area contributed by atoms with Crippen molar-refractivity contribution in [1.82, 2.24) is 0 Å². The Hall–Kier alpha value is -2.75. The number of carbonyl (C=O) groups excluding carboxylic acids is 1. The van der Waals surface area contributed by atoms with Crippen molar-refractivity contribution in [3.8, 4) is 17.2 Å². The summed E-state index contributed by atoms with van der Waals surface area (Å²) in [5, 5.41) is 0. The standard InChI is InChI=1S/C28H38O4/c1-4-6-8-10-12-22-30-25-18-20-27(21-19-25)32-28(29)24-14-16-26(17-15-24)31-23(3)13-11-9-7-5-2/h12,14-23H,4-11,13H2,1-3H3. The van der Waals surface area contributed by atoms with E-state index >= 15 is 0 Å². The Bertz CT molecular complexity index is 793. The predicted molar refractivity (Wildman–Crippen MR) is 131 cm³/mol. The van der Waals surface area contributed by atoms with Crippen LogP contribution in [0.3, 0.4) is 0 Å². The van der Waals surface area contributed by atoms with Crippen LogP contribution < -0.4 is 14.2 Å². The molecule has 1 unspecified atom stereocenters. The molecule has 174 valence electrons. The summed E-state index contributed by atoms with van der Waals surface area (Å²) in [7, 11) is 0. The monoisotopic (exact) mass is 438 g/mol. The Morgan fingerprint density at radius 3 is 2.12 bits per heavy atom. The fraction of sp³-hybridized carbons (Fsp3) is 0.464. The van der Waals surface area contributed by atoms with Crippen molar-refractivity contribution in [1.29, 1.82) is 0 Å². The molecule has 0 aliphatic rings. The average Bonchev–Trinajstić information content (AvgIpc) is 2.80. The Kier molecular flexibility index (Phi) is 12.1. The number of benzene rings is 2. The van der Waals surface area contributed by atoms with Gasteiger partial charge in [-0.3, -0.25) is 0 Å². The summed E-state index contributed by atoms with van der Waals surface area (Å²) in [6.45, 7) is 6.49. The minimum Gasteiger partial charge on any atom is -0.491 e. The van der Waals surface area contributed by atoms with Crippen molar-refractivity contribution in [3.63, 3.8) is 0 Å². The number of carbonyl (C=O) groups is 1. The van der Waals surface area contributed by atoms with Gasteiger partial charge in [-0.15, -0.1) is 0 Å². The first kappa shape index (κ1) is 25.5. The third-order valence-electron chi connectivity index (χ3n) is 5.20. The molecular weight excluding hydrogens is 400 g/mol. The van der Waals surface area contributed by atoms with E-state index in [1.807, 2.05) is 18.2 Å². The van der Waals surface area contributed by atoms with Crippen molar-refractivity contribution in [2.45, 2.75) is 84.7 Å². The van der Waals surface area contributed by atoms with E-state index in [1.54, 1.807) is 42.7 Å². The molecule has 2 aromatic rings. The molecule has 4 nitrogen and oxygen atoms in total. The van der Waals surface area contributed by atoms with Gasteiger partial charge in [0.15, 0.2) is 0 Å². The molecule has 0 bridgehead atoms. The van der Waals surface area contributed by atoms with Gasteiger partial charge in [0.05, 0.1) is 17.9 Å². The second-order valence-electron chi connectivity index (χ2n) is 8.15. The number of hydrogen-bond donors (Lipinski definition) is 0. The molecule has 2 rings (SSSR count). The van der Waals surface area contributed by atoms with E-state index in [2.05, 4.69) is 20.8 Å². The van der Waals surface area contributed by atoms with Crippen molar-refractivity contribution >= 4 is 5.97 Å². The number of allylic oxidation sites excluding steroid dienone is 1. The van der Waals surface area contributed by atoms with Crippen molar-refractivity contribution in [2.75, 3.05) is 0 Å². The van der Waals surface area contributed by atoms with Crippen LogP contribution in [0.2, 0.25) is 0 Å². The van der Waals surface area contributed by atoms with E-state index in [9.17, 15) is 4.79 Å². The van der Waals surface area contributed by atoms with Gasteiger partial charge in [0.2, 0.25) is 0 Å². The van der Waals surface area contributed by atoms with E-state index in [4.69, 9.17) is 14.2 Å². The smallest absolute Gasteiger partial charge is 0.343 e. The van der Waals surface area contributed by atoms with Gasteiger partial charge in [0.1, 0.15) is 17.2 Å². The summed E-state index contributed by atoms with van der Waals surface area (Å²) < 4.78 is 17.0. The van der Waals surface area contributed by atoms with E-state index in [0.717, 1.165) is 18.6 Å². The molecule has 0 saturated heterocycles. The normalized spacial score (nSPS) is 12.0. The predicted octanol–water partition coefficient (Wildman–Crippen LogP) is 8.12. The van der Waals surface area contributed by atoms with Gasteiger partial charge in [-0.05, 0) is 87.2 Å². The molecule has 0 aromatic heterocycles. The van der Waals surface area contributed by atoms with Crippen LogP contribution >= 0.6 is 0 Å². The molecule has 2 aromatic carbocycles. The van der Waals surface area contributed by atoms with Crippen LogP contribution in [-0.4, -0.2) is 12.1 Å². The van der Waals surface area contributed by atoms with Gasteiger partial charge in [-0.2, -0.15) is 0 Å². The minimum atomic E-state index is -0.395. The second-order valence-corrected chi connectivity index (χ2v) is 8.15. The zero-order valence-corrected chi connectivity index (χ0v) is 19.8. The van der Waals surface area contributed by atoms with Crippen LogP contribution in [-0.2, 0) is 0 Å². The van der Waals surface area contributed by atoms with Gasteiger partial charge < -0.3 is 14.2 Å². The average molecular weight is 439 g/mol. The molecule has 0 heterocycles. The lowest BCUT2D eigenvalue weighted by Crippen LogP contribution is -2.12. The van der Waals surface area contributed by atoms with Gasteiger partial charge in [0, 0.05) is 0 Å². The first-order valence-electron chi connectivity index (χ1n) is 12.0. The van der Waals surface area contributed by atoms with E-state index in [1.165, 1.54) is 44.9 Å². The van der Waals surface area contributed by atoms with E-state index < -0.39 is 5.97 Å². The third kappa shape index (κ3) is 10.0. The van der Waals surface area contributed by atoms with Crippen LogP contribution in [0, 0.1) is 0 Å². The van der Waals surface area contributed by atoms with Crippen molar-refractivity contribution in [2.24, 2.45) is 0 Å². The Labute approximate surface area is 193 Å². The Balaban J connectivity index is 1.77. The molecule has 0 aliphatic carbocycles. The summed E-state index contributed by atoms with van der Waals surface area (Å²) >= 11 is 0. The lowest BCUT2D eigenvalue weighted by atomic mass is 10.1. The molecule has 0 amide bonds. The highest BCUT2D eigenvalue weighted by atomic mass is 16.5. The van der Waals surface area contributed by atoms with Gasteiger partial charge >= 0.3 is 5.97 Å². The Morgan fingerprint density at radius 1 is 0.812 bits per heavy atom. The maximum absolute atomic E-state index is 12.4. The van der Waals surface area contributed by atoms with Crippen molar-refractivity contribution < 1.29 is 19.0 Å². The number of esters is 1. The molecule has 0 N–H and O–H groups in total. The van der Waals surface area contributed by atoms with Gasteiger partial charge in [-0.25, -0.2) is 4.79 Å². The van der Waals surface area contributed by atoms with E-state index in [0.29, 0.717) is 17.1 Å². The van der Waals surface area contributed by atoms with Crippen LogP contribution in [0.25, 0.3) is 0 Å². The summed E-state index contributed by atoms with van der Waals surface area (Å²) in [6, 6.07) is 14.2. The molecule has 32 heavy (non-hydrogen) atoms. The fourth-order valence-corrected chi connectivity index (χ4v) is 3.28. The first-order valence-corrected chi connectivity index (χ1v) is 12.0. The third-order valence-corrected chi connectivity index (χ3v) is 5.20. The largest absolute Gasteiger partial charge is 0.491 e. The number of ether oxygens (including phenoxy) is 3. The SMILES string of the molecule is CCCCCC=COc1ccc(OC(=O)c2ccc(OC(C)CCCCCC)cc2)cc1. The number of hydrogen-bond acceptors (Lipinski definition) is 4. The van der Waals surface area contributed by atoms with Gasteiger partial charge in [-0.1, -0.05) is 46.0 Å².